The van der Waals surface area contributed by atoms with Crippen LogP contribution in [0.3, 0.4) is 0 Å². The van der Waals surface area contributed by atoms with Crippen molar-refractivity contribution in [3.63, 3.8) is 0 Å². The van der Waals surface area contributed by atoms with Gasteiger partial charge in [0, 0.05) is 98.3 Å². The van der Waals surface area contributed by atoms with E-state index in [0.717, 1.165) is 132 Å². The summed E-state index contributed by atoms with van der Waals surface area (Å²) in [4.78, 5) is 34.0. The molecule has 0 aliphatic heterocycles. The molecule has 13 rings (SSSR count). The smallest absolute Gasteiger partial charge is 0.0979 e. The molecule has 0 saturated heterocycles. The lowest BCUT2D eigenvalue weighted by molar-refractivity contribution is 1.21. The third-order valence-corrected chi connectivity index (χ3v) is 12.8. The van der Waals surface area contributed by atoms with Crippen LogP contribution in [0.1, 0.15) is 0 Å². The Morgan fingerprint density at radius 3 is 1.33 bits per heavy atom. The van der Waals surface area contributed by atoms with Gasteiger partial charge in [0.15, 0.2) is 0 Å². The maximum absolute atomic E-state index is 5.61. The third-order valence-electron chi connectivity index (χ3n) is 12.8. The molecule has 306 valence electrons. The van der Waals surface area contributed by atoms with Crippen LogP contribution in [0.5, 0.6) is 0 Å². The molecule has 66 heavy (non-hydrogen) atoms. The van der Waals surface area contributed by atoms with Crippen LogP contribution < -0.4 is 0 Å². The van der Waals surface area contributed by atoms with Crippen LogP contribution in [0, 0.1) is 0 Å². The highest BCUT2D eigenvalue weighted by Gasteiger charge is 2.20. The summed E-state index contributed by atoms with van der Waals surface area (Å²) in [5.41, 5.74) is 15.8. The molecule has 0 N–H and O–H groups in total. The molecular weight excluding hydrogens is 807 g/mol. The Hall–Kier alpha value is -9.07. The highest BCUT2D eigenvalue weighted by Crippen LogP contribution is 2.44. The first-order valence-corrected chi connectivity index (χ1v) is 21.9. The van der Waals surface area contributed by atoms with E-state index < -0.39 is 0 Å². The topological polar surface area (TPSA) is 90.2 Å². The Morgan fingerprint density at radius 1 is 0.288 bits per heavy atom. The zero-order chi connectivity index (χ0) is 43.6. The summed E-state index contributed by atoms with van der Waals surface area (Å²) in [6.45, 7) is 0. The Labute approximate surface area is 378 Å². The fourth-order valence-electron chi connectivity index (χ4n) is 9.74. The van der Waals surface area contributed by atoms with Crippen molar-refractivity contribution in [2.24, 2.45) is 0 Å². The van der Waals surface area contributed by atoms with E-state index >= 15 is 0 Å². The monoisotopic (exact) mass is 841 g/mol. The molecule has 0 aliphatic rings. The second kappa shape index (κ2) is 15.3. The van der Waals surface area contributed by atoms with Crippen LogP contribution in [0.2, 0.25) is 0 Å². The van der Waals surface area contributed by atoms with Crippen LogP contribution in [-0.4, -0.2) is 34.9 Å². The third kappa shape index (κ3) is 6.25. The van der Waals surface area contributed by atoms with E-state index in [-0.39, 0.29) is 0 Å². The van der Waals surface area contributed by atoms with Crippen LogP contribution in [0.25, 0.3) is 132 Å². The lowest BCUT2D eigenvalue weighted by Gasteiger charge is -2.17. The minimum Gasteiger partial charge on any atom is -0.264 e. The molecule has 0 aliphatic carbocycles. The fraction of sp³-hybridized carbons (Fsp3) is 0. The second-order valence-corrected chi connectivity index (χ2v) is 16.6. The second-order valence-electron chi connectivity index (χ2n) is 16.6. The van der Waals surface area contributed by atoms with Crippen molar-refractivity contribution in [2.45, 2.75) is 0 Å². The number of pyridine rings is 5. The van der Waals surface area contributed by atoms with Gasteiger partial charge >= 0.3 is 0 Å². The average molecular weight is 842 g/mol. The summed E-state index contributed by atoms with van der Waals surface area (Å²) in [5.74, 6) is 0. The number of aromatic nitrogens is 7. The van der Waals surface area contributed by atoms with Gasteiger partial charge in [-0.05, 0) is 92.3 Å². The van der Waals surface area contributed by atoms with Gasteiger partial charge in [-0.3, -0.25) is 24.9 Å². The van der Waals surface area contributed by atoms with E-state index in [2.05, 4.69) is 164 Å². The Morgan fingerprint density at radius 2 is 0.818 bits per heavy atom. The Bertz CT molecular complexity index is 3770. The van der Waals surface area contributed by atoms with Gasteiger partial charge in [0.05, 0.1) is 39.7 Å². The molecule has 6 aromatic heterocycles. The summed E-state index contributed by atoms with van der Waals surface area (Å²) in [5, 5.41) is 8.68. The van der Waals surface area contributed by atoms with Gasteiger partial charge in [0.1, 0.15) is 0 Å². The Balaban J connectivity index is 1.07. The van der Waals surface area contributed by atoms with E-state index in [1.807, 2.05) is 55.2 Å². The molecule has 0 fully saturated rings. The van der Waals surface area contributed by atoms with Crippen molar-refractivity contribution in [2.75, 3.05) is 0 Å². The summed E-state index contributed by atoms with van der Waals surface area (Å²) in [7, 11) is 0. The summed E-state index contributed by atoms with van der Waals surface area (Å²) in [6.07, 6.45) is 14.6. The van der Waals surface area contributed by atoms with Gasteiger partial charge in [0.25, 0.3) is 0 Å². The number of benzene rings is 7. The van der Waals surface area contributed by atoms with Gasteiger partial charge in [0.2, 0.25) is 0 Å². The first-order valence-electron chi connectivity index (χ1n) is 21.9. The minimum absolute atomic E-state index is 0.821. The van der Waals surface area contributed by atoms with Gasteiger partial charge in [-0.1, -0.05) is 115 Å². The van der Waals surface area contributed by atoms with Crippen molar-refractivity contribution < 1.29 is 0 Å². The molecule has 7 nitrogen and oxygen atoms in total. The molecular formula is C59H35N7. The van der Waals surface area contributed by atoms with Crippen LogP contribution in [0.15, 0.2) is 213 Å². The highest BCUT2D eigenvalue weighted by molar-refractivity contribution is 6.21. The summed E-state index contributed by atoms with van der Waals surface area (Å²) < 4.78 is 0. The summed E-state index contributed by atoms with van der Waals surface area (Å²) >= 11 is 0. The molecule has 0 spiro atoms. The van der Waals surface area contributed by atoms with E-state index in [1.54, 1.807) is 18.6 Å². The van der Waals surface area contributed by atoms with Crippen molar-refractivity contribution in [1.29, 1.82) is 0 Å². The van der Waals surface area contributed by atoms with E-state index in [4.69, 9.17) is 9.97 Å². The predicted molar refractivity (Wildman–Crippen MR) is 269 cm³/mol. The maximum Gasteiger partial charge on any atom is 0.0979 e. The van der Waals surface area contributed by atoms with Crippen molar-refractivity contribution in [3.8, 4) is 67.0 Å². The lowest BCUT2D eigenvalue weighted by atomic mass is 9.90. The number of nitrogens with zero attached hydrogens (tertiary/aromatic N) is 7. The average Bonchev–Trinajstić information content (AvgIpc) is 3.39. The van der Waals surface area contributed by atoms with Gasteiger partial charge < -0.3 is 0 Å². The quantitative estimate of drug-likeness (QED) is 0.122. The normalized spacial score (nSPS) is 11.6. The van der Waals surface area contributed by atoms with Crippen molar-refractivity contribution >= 4 is 65.2 Å². The molecule has 6 heterocycles. The first-order chi connectivity index (χ1) is 32.7. The fourth-order valence-corrected chi connectivity index (χ4v) is 9.74. The molecule has 0 bridgehead atoms. The number of rotatable bonds is 6. The van der Waals surface area contributed by atoms with E-state index in [9.17, 15) is 0 Å². The largest absolute Gasteiger partial charge is 0.264 e. The predicted octanol–water partition coefficient (Wildman–Crippen LogP) is 14.4. The first kappa shape index (κ1) is 37.5. The van der Waals surface area contributed by atoms with Gasteiger partial charge in [-0.2, -0.15) is 0 Å². The molecule has 0 amide bonds. The zero-order valence-electron chi connectivity index (χ0n) is 35.3. The highest BCUT2D eigenvalue weighted by atomic mass is 14.8. The van der Waals surface area contributed by atoms with Gasteiger partial charge in [-0.25, -0.2) is 9.97 Å². The lowest BCUT2D eigenvalue weighted by Crippen LogP contribution is -1.96. The maximum atomic E-state index is 5.61. The van der Waals surface area contributed by atoms with Crippen LogP contribution >= 0.6 is 0 Å². The van der Waals surface area contributed by atoms with E-state index in [1.165, 1.54) is 0 Å². The number of hydrogen-bond donors (Lipinski definition) is 0. The number of hydrogen-bond acceptors (Lipinski definition) is 7. The molecule has 7 heteroatoms. The standard InChI is InChI=1S/C59H35N7/c1-2-26-63-52(13-1)40-16-14-36-7-3-11-44(50(36)29-40)38-18-20-46-53(31-38)65-58-48(56(46)42-9-5-24-60-33-42)22-23-49-57(43-10-6-25-61-34-43)47-21-19-39(32-54(47)66-59(49)58)45-12-4-8-37-15-17-41(30-51(37)45)55-35-62-27-28-64-55/h1-35H. The summed E-state index contributed by atoms with van der Waals surface area (Å²) in [6, 6.07) is 58.0. The number of fused-ring (bicyclic) bond motifs is 7. The Kier molecular flexibility index (Phi) is 8.70. The van der Waals surface area contributed by atoms with E-state index in [0.29, 0.717) is 0 Å². The minimum atomic E-state index is 0.821. The van der Waals surface area contributed by atoms with Crippen LogP contribution in [0.4, 0.5) is 0 Å². The molecule has 7 aromatic carbocycles. The van der Waals surface area contributed by atoms with Crippen molar-refractivity contribution in [3.05, 3.63) is 213 Å². The molecule has 0 saturated carbocycles. The zero-order valence-corrected chi connectivity index (χ0v) is 35.3. The molecule has 13 aromatic rings. The van der Waals surface area contributed by atoms with Crippen molar-refractivity contribution in [1.82, 2.24) is 34.9 Å². The van der Waals surface area contributed by atoms with Gasteiger partial charge in [-0.15, -0.1) is 0 Å². The SMILES string of the molecule is c1ccc(-c2ccc3cccc(-c4ccc5c(-c6cccnc6)c6ccc7c(-c8cccnc8)c8ccc(-c9cccc%10ccc(-c%11cnccn%11)cc9%10)cc8nc7c6nc5c4)c3c2)nc1. The molecule has 0 unspecified atom stereocenters. The molecule has 0 atom stereocenters. The molecule has 0 radical (unpaired) electrons. The van der Waals surface area contributed by atoms with Crippen LogP contribution in [-0.2, 0) is 0 Å².